The van der Waals surface area contributed by atoms with Gasteiger partial charge < -0.3 is 15.2 Å². The Kier molecular flexibility index (Phi) is 4.84. The maximum Gasteiger partial charge on any atom is 0.280 e. The van der Waals surface area contributed by atoms with Gasteiger partial charge in [-0.2, -0.15) is 9.78 Å². The summed E-state index contributed by atoms with van der Waals surface area (Å²) in [7, 11) is 1.40. The molecule has 0 radical (unpaired) electrons. The molecule has 2 N–H and O–H groups in total. The molecule has 138 valence electrons. The highest BCUT2D eigenvalue weighted by Gasteiger charge is 2.19. The highest BCUT2D eigenvalue weighted by atomic mass is 19.1. The smallest absolute Gasteiger partial charge is 0.280 e. The molecule has 0 fully saturated rings. The summed E-state index contributed by atoms with van der Waals surface area (Å²) in [6.45, 7) is 0. The molecule has 0 spiro atoms. The summed E-state index contributed by atoms with van der Waals surface area (Å²) in [5.41, 5.74) is -1.30. The number of nitrogens with one attached hydrogen (secondary N) is 1. The van der Waals surface area contributed by atoms with Crippen molar-refractivity contribution in [2.75, 3.05) is 12.4 Å². The molecule has 0 unspecified atom stereocenters. The second-order valence-electron chi connectivity index (χ2n) is 5.38. The van der Waals surface area contributed by atoms with Crippen LogP contribution in [0.5, 0.6) is 11.5 Å². The number of ether oxygens (including phenoxy) is 1. The molecule has 27 heavy (non-hydrogen) atoms. The highest BCUT2D eigenvalue weighted by Crippen LogP contribution is 2.22. The van der Waals surface area contributed by atoms with Crippen molar-refractivity contribution in [3.8, 4) is 17.2 Å². The molecule has 3 aromatic rings. The number of carbonyl (C=O) groups is 1. The first-order chi connectivity index (χ1) is 12.9. The van der Waals surface area contributed by atoms with Crippen molar-refractivity contribution in [1.82, 2.24) is 9.78 Å². The number of aromatic hydroxyl groups is 1. The number of methoxy groups -OCH3 is 1. The average molecular weight is 373 g/mol. The molecular weight excluding hydrogens is 360 g/mol. The van der Waals surface area contributed by atoms with Crippen LogP contribution in [0.3, 0.4) is 0 Å². The third kappa shape index (κ3) is 3.61. The van der Waals surface area contributed by atoms with E-state index < -0.39 is 34.5 Å². The van der Waals surface area contributed by atoms with Crippen molar-refractivity contribution in [3.63, 3.8) is 0 Å². The third-order valence-electron chi connectivity index (χ3n) is 3.62. The lowest BCUT2D eigenvalue weighted by molar-refractivity contribution is 0.101. The fraction of sp³-hybridized carbons (Fsp3) is 0.0556. The topological polar surface area (TPSA) is 93.5 Å². The summed E-state index contributed by atoms with van der Waals surface area (Å²) in [5.74, 6) is -3.17. The molecular formula is C18H13F2N3O4. The lowest BCUT2D eigenvalue weighted by Crippen LogP contribution is -2.25. The fourth-order valence-corrected chi connectivity index (χ4v) is 2.36. The third-order valence-corrected chi connectivity index (χ3v) is 3.62. The number of para-hydroxylation sites is 2. The van der Waals surface area contributed by atoms with Crippen molar-refractivity contribution in [3.05, 3.63) is 76.2 Å². The van der Waals surface area contributed by atoms with Crippen LogP contribution in [0.2, 0.25) is 0 Å². The largest absolute Gasteiger partial charge is 0.505 e. The van der Waals surface area contributed by atoms with Gasteiger partial charge in [0.2, 0.25) is 0 Å². The number of amides is 1. The van der Waals surface area contributed by atoms with Crippen LogP contribution in [0.4, 0.5) is 14.5 Å². The molecule has 0 aliphatic carbocycles. The summed E-state index contributed by atoms with van der Waals surface area (Å²) >= 11 is 0. The molecule has 1 heterocycles. The number of benzene rings is 2. The van der Waals surface area contributed by atoms with Crippen molar-refractivity contribution in [1.29, 1.82) is 0 Å². The summed E-state index contributed by atoms with van der Waals surface area (Å²) in [4.78, 5) is 24.6. The molecule has 1 aromatic heterocycles. The fourth-order valence-electron chi connectivity index (χ4n) is 2.36. The van der Waals surface area contributed by atoms with Crippen molar-refractivity contribution < 1.29 is 23.4 Å². The van der Waals surface area contributed by atoms with E-state index in [1.54, 1.807) is 18.2 Å². The van der Waals surface area contributed by atoms with Crippen LogP contribution in [0.1, 0.15) is 10.5 Å². The van der Waals surface area contributed by atoms with Gasteiger partial charge in [0.15, 0.2) is 11.4 Å². The number of carbonyl (C=O) groups excluding carboxylic acids is 1. The van der Waals surface area contributed by atoms with E-state index in [2.05, 4.69) is 10.4 Å². The van der Waals surface area contributed by atoms with Gasteiger partial charge >= 0.3 is 0 Å². The van der Waals surface area contributed by atoms with Crippen LogP contribution in [-0.2, 0) is 0 Å². The number of nitrogens with zero attached hydrogens (tertiary/aromatic N) is 2. The standard InChI is InChI=1S/C18H13F2N3O4/c1-27-15-5-3-2-4-13(15)23-16(25)9-14(24)17(22-23)18(26)21-12-7-6-10(19)8-11(12)20/h2-9,24H,1H3,(H,21,26). The number of hydrogen-bond acceptors (Lipinski definition) is 5. The Morgan fingerprint density at radius 2 is 1.93 bits per heavy atom. The predicted molar refractivity (Wildman–Crippen MR) is 92.4 cm³/mol. The quantitative estimate of drug-likeness (QED) is 0.733. The molecule has 1 amide bonds. The van der Waals surface area contributed by atoms with E-state index in [9.17, 15) is 23.5 Å². The second kappa shape index (κ2) is 7.24. The van der Waals surface area contributed by atoms with Crippen LogP contribution in [0, 0.1) is 11.6 Å². The summed E-state index contributed by atoms with van der Waals surface area (Å²) in [6, 6.07) is 9.81. The molecule has 0 saturated heterocycles. The van der Waals surface area contributed by atoms with Gasteiger partial charge in [0.25, 0.3) is 11.5 Å². The van der Waals surface area contributed by atoms with Crippen molar-refractivity contribution in [2.45, 2.75) is 0 Å². The Balaban J connectivity index is 2.03. The summed E-state index contributed by atoms with van der Waals surface area (Å²) in [5, 5.41) is 16.0. The van der Waals surface area contributed by atoms with Gasteiger partial charge in [0.1, 0.15) is 23.1 Å². The molecule has 0 atom stereocenters. The van der Waals surface area contributed by atoms with E-state index >= 15 is 0 Å². The zero-order chi connectivity index (χ0) is 19.6. The summed E-state index contributed by atoms with van der Waals surface area (Å²) < 4.78 is 32.7. The zero-order valence-electron chi connectivity index (χ0n) is 13.9. The molecule has 9 heteroatoms. The van der Waals surface area contributed by atoms with Gasteiger partial charge in [0, 0.05) is 12.1 Å². The average Bonchev–Trinajstić information content (AvgIpc) is 2.64. The van der Waals surface area contributed by atoms with Crippen LogP contribution in [0.25, 0.3) is 5.69 Å². The molecule has 3 rings (SSSR count). The maximum atomic E-state index is 13.7. The first-order valence-corrected chi connectivity index (χ1v) is 7.64. The first kappa shape index (κ1) is 18.1. The van der Waals surface area contributed by atoms with Crippen LogP contribution in [0.15, 0.2) is 53.3 Å². The minimum absolute atomic E-state index is 0.243. The number of anilines is 1. The molecule has 7 nitrogen and oxygen atoms in total. The summed E-state index contributed by atoms with van der Waals surface area (Å²) in [6.07, 6.45) is 0. The lowest BCUT2D eigenvalue weighted by atomic mass is 10.2. The zero-order valence-corrected chi connectivity index (χ0v) is 13.9. The molecule has 2 aromatic carbocycles. The highest BCUT2D eigenvalue weighted by molar-refractivity contribution is 6.04. The number of hydrogen-bond donors (Lipinski definition) is 2. The molecule has 0 saturated carbocycles. The van der Waals surface area contributed by atoms with Gasteiger partial charge in [-0.25, -0.2) is 8.78 Å². The molecule has 0 aliphatic heterocycles. The van der Waals surface area contributed by atoms with E-state index in [0.717, 1.165) is 22.9 Å². The van der Waals surface area contributed by atoms with Crippen LogP contribution in [-0.4, -0.2) is 27.9 Å². The minimum atomic E-state index is -0.999. The number of halogens is 2. The number of rotatable bonds is 4. The van der Waals surface area contributed by atoms with Crippen molar-refractivity contribution in [2.24, 2.45) is 0 Å². The Hall–Kier alpha value is -3.75. The first-order valence-electron chi connectivity index (χ1n) is 7.64. The van der Waals surface area contributed by atoms with E-state index in [0.29, 0.717) is 11.8 Å². The normalized spacial score (nSPS) is 10.5. The van der Waals surface area contributed by atoms with Gasteiger partial charge in [-0.15, -0.1) is 0 Å². The Labute approximate surface area is 151 Å². The van der Waals surface area contributed by atoms with E-state index in [1.165, 1.54) is 13.2 Å². The molecule has 0 aliphatic rings. The Morgan fingerprint density at radius 3 is 2.63 bits per heavy atom. The Morgan fingerprint density at radius 1 is 1.19 bits per heavy atom. The van der Waals surface area contributed by atoms with Crippen molar-refractivity contribution >= 4 is 11.6 Å². The van der Waals surface area contributed by atoms with E-state index in [1.807, 2.05) is 0 Å². The monoisotopic (exact) mass is 373 g/mol. The maximum absolute atomic E-state index is 13.7. The minimum Gasteiger partial charge on any atom is -0.505 e. The predicted octanol–water partition coefficient (Wildman–Crippen LogP) is 2.48. The second-order valence-corrected chi connectivity index (χ2v) is 5.38. The van der Waals surface area contributed by atoms with Gasteiger partial charge in [-0.05, 0) is 24.3 Å². The van der Waals surface area contributed by atoms with E-state index in [4.69, 9.17) is 4.74 Å². The van der Waals surface area contributed by atoms with Crippen LogP contribution >= 0.6 is 0 Å². The van der Waals surface area contributed by atoms with Gasteiger partial charge in [0.05, 0.1) is 12.8 Å². The van der Waals surface area contributed by atoms with Crippen LogP contribution < -0.4 is 15.6 Å². The lowest BCUT2D eigenvalue weighted by Gasteiger charge is -2.12. The van der Waals surface area contributed by atoms with Gasteiger partial charge in [-0.3, -0.25) is 9.59 Å². The van der Waals surface area contributed by atoms with Gasteiger partial charge in [-0.1, -0.05) is 12.1 Å². The van der Waals surface area contributed by atoms with E-state index in [-0.39, 0.29) is 11.4 Å². The molecule has 0 bridgehead atoms. The number of aromatic nitrogens is 2. The SMILES string of the molecule is COc1ccccc1-n1nc(C(=O)Nc2ccc(F)cc2F)c(O)cc1=O. The Bertz CT molecular complexity index is 1080.